The minimum absolute atomic E-state index is 0.0660. The van der Waals surface area contributed by atoms with Crippen molar-refractivity contribution < 1.29 is 9.84 Å². The number of benzene rings is 2. The van der Waals surface area contributed by atoms with Gasteiger partial charge in [-0.1, -0.05) is 41.7 Å². The van der Waals surface area contributed by atoms with Crippen LogP contribution in [0.3, 0.4) is 0 Å². The molecule has 7 nitrogen and oxygen atoms in total. The Morgan fingerprint density at radius 3 is 2.58 bits per heavy atom. The monoisotopic (exact) mass is 430 g/mol. The van der Waals surface area contributed by atoms with Gasteiger partial charge in [-0.3, -0.25) is 14.3 Å². The van der Waals surface area contributed by atoms with Gasteiger partial charge in [0.05, 0.1) is 4.88 Å². The molecular weight excluding hydrogens is 412 g/mol. The molecule has 0 spiro atoms. The lowest BCUT2D eigenvalue weighted by atomic mass is 10.1. The molecular formula is C23H18N4O3S. The molecule has 0 aliphatic rings. The van der Waals surface area contributed by atoms with E-state index in [-0.39, 0.29) is 17.4 Å². The Morgan fingerprint density at radius 2 is 1.84 bits per heavy atom. The van der Waals surface area contributed by atoms with Crippen LogP contribution in [0.5, 0.6) is 11.6 Å². The summed E-state index contributed by atoms with van der Waals surface area (Å²) in [6.45, 7) is 0.283. The van der Waals surface area contributed by atoms with E-state index in [9.17, 15) is 9.90 Å². The maximum Gasteiger partial charge on any atom is 0.307 e. The van der Waals surface area contributed by atoms with Crippen molar-refractivity contribution in [2.45, 2.75) is 13.0 Å². The molecule has 0 fully saturated rings. The predicted octanol–water partition coefficient (Wildman–Crippen LogP) is 4.05. The number of aromatic amines is 1. The number of pyridine rings is 1. The summed E-state index contributed by atoms with van der Waals surface area (Å²) in [5, 5.41) is 9.75. The van der Waals surface area contributed by atoms with E-state index in [1.807, 2.05) is 71.3 Å². The lowest BCUT2D eigenvalue weighted by Gasteiger charge is -2.10. The fraction of sp³-hybridized carbons (Fsp3) is 0.0870. The second kappa shape index (κ2) is 8.08. The topological polar surface area (TPSA) is 93.0 Å². The molecule has 3 heterocycles. The zero-order valence-corrected chi connectivity index (χ0v) is 17.2. The number of hydrogen-bond donors (Lipinski definition) is 2. The first kappa shape index (κ1) is 19.1. The third-order valence-corrected chi connectivity index (χ3v) is 5.73. The van der Waals surface area contributed by atoms with Crippen LogP contribution in [0, 0.1) is 0 Å². The molecule has 2 N–H and O–H groups in total. The summed E-state index contributed by atoms with van der Waals surface area (Å²) in [4.78, 5) is 23.3. The van der Waals surface area contributed by atoms with Gasteiger partial charge in [0.15, 0.2) is 11.5 Å². The van der Waals surface area contributed by atoms with Gasteiger partial charge in [0.2, 0.25) is 5.88 Å². The van der Waals surface area contributed by atoms with Crippen LogP contribution in [0.1, 0.15) is 16.3 Å². The molecule has 0 aliphatic heterocycles. The summed E-state index contributed by atoms with van der Waals surface area (Å²) in [6.07, 6.45) is 2.23. The number of H-pyrrole nitrogens is 1. The number of aromatic hydroxyl groups is 1. The lowest BCUT2D eigenvalue weighted by Crippen LogP contribution is -2.06. The van der Waals surface area contributed by atoms with E-state index in [2.05, 4.69) is 9.97 Å². The highest BCUT2D eigenvalue weighted by molar-refractivity contribution is 7.09. The zero-order valence-electron chi connectivity index (χ0n) is 16.4. The van der Waals surface area contributed by atoms with Crippen molar-refractivity contribution in [3.05, 3.63) is 98.9 Å². The number of nitrogens with zero attached hydrogens (tertiary/aromatic N) is 3. The van der Waals surface area contributed by atoms with Crippen LogP contribution in [0.25, 0.3) is 16.9 Å². The fourth-order valence-corrected chi connectivity index (χ4v) is 4.17. The molecule has 154 valence electrons. The molecule has 0 unspecified atom stereocenters. The van der Waals surface area contributed by atoms with E-state index in [1.54, 1.807) is 6.20 Å². The Morgan fingerprint density at radius 1 is 1.03 bits per heavy atom. The first-order valence-electron chi connectivity index (χ1n) is 9.68. The van der Waals surface area contributed by atoms with Gasteiger partial charge < -0.3 is 9.84 Å². The smallest absolute Gasteiger partial charge is 0.307 e. The summed E-state index contributed by atoms with van der Waals surface area (Å²) in [5.41, 5.74) is 3.54. The average molecular weight is 430 g/mol. The van der Waals surface area contributed by atoms with E-state index in [4.69, 9.17) is 9.72 Å². The zero-order chi connectivity index (χ0) is 21.2. The molecule has 0 amide bonds. The van der Waals surface area contributed by atoms with E-state index < -0.39 is 0 Å². The largest absolute Gasteiger partial charge is 0.494 e. The molecule has 8 heteroatoms. The van der Waals surface area contributed by atoms with Crippen molar-refractivity contribution in [2.24, 2.45) is 0 Å². The van der Waals surface area contributed by atoms with Gasteiger partial charge in [0, 0.05) is 18.3 Å². The van der Waals surface area contributed by atoms with Gasteiger partial charge in [-0.05, 0) is 42.0 Å². The number of para-hydroxylation sites is 1. The van der Waals surface area contributed by atoms with Crippen LogP contribution in [0.2, 0.25) is 0 Å². The number of imidazole rings is 1. The summed E-state index contributed by atoms with van der Waals surface area (Å²) in [7, 11) is 0. The highest BCUT2D eigenvalue weighted by Gasteiger charge is 2.14. The van der Waals surface area contributed by atoms with Crippen LogP contribution in [-0.4, -0.2) is 24.6 Å². The van der Waals surface area contributed by atoms with Crippen molar-refractivity contribution in [1.29, 1.82) is 0 Å². The lowest BCUT2D eigenvalue weighted by molar-refractivity contribution is 0.294. The molecule has 0 aliphatic carbocycles. The van der Waals surface area contributed by atoms with Crippen LogP contribution >= 0.6 is 11.3 Å². The Balaban J connectivity index is 1.36. The van der Waals surface area contributed by atoms with Crippen molar-refractivity contribution in [1.82, 2.24) is 19.5 Å². The Hall–Kier alpha value is -3.91. The molecule has 0 radical (unpaired) electrons. The minimum atomic E-state index is -0.261. The van der Waals surface area contributed by atoms with Crippen LogP contribution in [0.15, 0.2) is 77.7 Å². The van der Waals surface area contributed by atoms with Gasteiger partial charge in [0.1, 0.15) is 17.9 Å². The van der Waals surface area contributed by atoms with Crippen LogP contribution in [0.4, 0.5) is 0 Å². The molecule has 5 rings (SSSR count). The summed E-state index contributed by atoms with van der Waals surface area (Å²) >= 11 is 1.01. The van der Waals surface area contributed by atoms with Crippen LogP contribution in [-0.2, 0) is 13.0 Å². The third-order valence-electron chi connectivity index (χ3n) is 4.86. The van der Waals surface area contributed by atoms with Gasteiger partial charge in [-0.25, -0.2) is 9.97 Å². The highest BCUT2D eigenvalue weighted by Crippen LogP contribution is 2.24. The van der Waals surface area contributed by atoms with Gasteiger partial charge in [-0.15, -0.1) is 0 Å². The van der Waals surface area contributed by atoms with Crippen molar-refractivity contribution in [3.63, 3.8) is 0 Å². The summed E-state index contributed by atoms with van der Waals surface area (Å²) in [6, 6.07) is 21.3. The normalized spacial score (nSPS) is 11.1. The first-order chi connectivity index (χ1) is 15.2. The number of rotatable bonds is 6. The van der Waals surface area contributed by atoms with E-state index in [0.29, 0.717) is 17.0 Å². The van der Waals surface area contributed by atoms with E-state index in [0.717, 1.165) is 39.6 Å². The molecule has 0 bridgehead atoms. The van der Waals surface area contributed by atoms with Gasteiger partial charge >= 0.3 is 4.87 Å². The predicted molar refractivity (Wildman–Crippen MR) is 119 cm³/mol. The quantitative estimate of drug-likeness (QED) is 0.424. The highest BCUT2D eigenvalue weighted by atomic mass is 32.1. The standard InChI is InChI=1S/C23H18N4O3S/c28-22-19(31-23(29)26-22)13-15-8-10-17(11-9-15)30-14-20-25-18-7-4-12-24-21(18)27(20)16-5-2-1-3-6-16/h1-12,28H,13-14H2,(H,26,29). The molecule has 0 saturated carbocycles. The van der Waals surface area contributed by atoms with Crippen molar-refractivity contribution in [2.75, 3.05) is 0 Å². The number of thiazole rings is 1. The Bertz CT molecular complexity index is 1390. The number of nitrogens with one attached hydrogen (secondary N) is 1. The number of ether oxygens (including phenoxy) is 1. The SMILES string of the molecule is O=c1[nH]c(O)c(Cc2ccc(OCc3nc4cccnc4n3-c3ccccc3)cc2)s1. The van der Waals surface area contributed by atoms with Gasteiger partial charge in [0.25, 0.3) is 0 Å². The van der Waals surface area contributed by atoms with Crippen molar-refractivity contribution in [3.8, 4) is 17.3 Å². The molecule has 5 aromatic rings. The van der Waals surface area contributed by atoms with E-state index in [1.165, 1.54) is 0 Å². The number of fused-ring (bicyclic) bond motifs is 1. The Kier molecular flexibility index (Phi) is 4.97. The maximum atomic E-state index is 11.3. The van der Waals surface area contributed by atoms with E-state index >= 15 is 0 Å². The first-order valence-corrected chi connectivity index (χ1v) is 10.5. The Labute approximate surface area is 181 Å². The third kappa shape index (κ3) is 3.93. The molecule has 0 atom stereocenters. The minimum Gasteiger partial charge on any atom is -0.494 e. The summed E-state index contributed by atoms with van der Waals surface area (Å²) in [5.74, 6) is 1.39. The second-order valence-electron chi connectivity index (χ2n) is 6.94. The van der Waals surface area contributed by atoms with Gasteiger partial charge in [-0.2, -0.15) is 0 Å². The molecule has 31 heavy (non-hydrogen) atoms. The summed E-state index contributed by atoms with van der Waals surface area (Å²) < 4.78 is 8.00. The fourth-order valence-electron chi connectivity index (χ4n) is 3.41. The number of hydrogen-bond acceptors (Lipinski definition) is 6. The number of aromatic nitrogens is 4. The molecule has 2 aromatic carbocycles. The molecule has 3 aromatic heterocycles. The second-order valence-corrected chi connectivity index (χ2v) is 8.01. The molecule has 0 saturated heterocycles. The van der Waals surface area contributed by atoms with Crippen molar-refractivity contribution >= 4 is 22.5 Å². The average Bonchev–Trinajstić information content (AvgIpc) is 3.32. The maximum absolute atomic E-state index is 11.3. The van der Waals surface area contributed by atoms with Crippen LogP contribution < -0.4 is 9.61 Å².